The number of amides is 2. The first-order valence-electron chi connectivity index (χ1n) is 5.84. The van der Waals surface area contributed by atoms with E-state index < -0.39 is 30.2 Å². The van der Waals surface area contributed by atoms with Gasteiger partial charge in [0.25, 0.3) is 5.91 Å². The lowest BCUT2D eigenvalue weighted by Crippen LogP contribution is -2.43. The summed E-state index contributed by atoms with van der Waals surface area (Å²) in [7, 11) is 0. The van der Waals surface area contributed by atoms with Crippen LogP contribution in [0.5, 0.6) is 0 Å². The van der Waals surface area contributed by atoms with Crippen LogP contribution in [-0.4, -0.2) is 35.2 Å². The number of nitrogens with one attached hydrogen (secondary N) is 1. The summed E-state index contributed by atoms with van der Waals surface area (Å²) in [6, 6.07) is 5.52. The van der Waals surface area contributed by atoms with Crippen molar-refractivity contribution in [3.8, 4) is 0 Å². The Morgan fingerprint density at radius 3 is 2.35 bits per heavy atom. The third-order valence-corrected chi connectivity index (χ3v) is 3.16. The van der Waals surface area contributed by atoms with Crippen molar-refractivity contribution in [3.63, 3.8) is 0 Å². The molecule has 1 rings (SSSR count). The summed E-state index contributed by atoms with van der Waals surface area (Å²) < 4.78 is 0. The average Bonchev–Trinajstić information content (AvgIpc) is 2.38. The Morgan fingerprint density at radius 1 is 1.30 bits per heavy atom. The molecular formula is C13H16N2O4S. The molecule has 0 saturated carbocycles. The third-order valence-electron chi connectivity index (χ3n) is 2.54. The lowest BCUT2D eigenvalue weighted by atomic mass is 10.1. The van der Waals surface area contributed by atoms with Crippen molar-refractivity contribution < 1.29 is 19.5 Å². The molecule has 0 radical (unpaired) electrons. The largest absolute Gasteiger partial charge is 0.480 e. The second kappa shape index (κ2) is 7.54. The number of benzene rings is 1. The molecule has 0 unspecified atom stereocenters. The molecule has 2 amide bonds. The van der Waals surface area contributed by atoms with E-state index in [1.165, 1.54) is 0 Å². The number of carboxylic acid groups (broad SMARTS) is 1. The smallest absolute Gasteiger partial charge is 0.326 e. The quantitative estimate of drug-likeness (QED) is 0.683. The predicted molar refractivity (Wildman–Crippen MR) is 76.4 cm³/mol. The van der Waals surface area contributed by atoms with Crippen molar-refractivity contribution in [2.45, 2.75) is 18.2 Å². The molecule has 0 aliphatic heterocycles. The maximum absolute atomic E-state index is 11.9. The summed E-state index contributed by atoms with van der Waals surface area (Å²) in [4.78, 5) is 33.5. The van der Waals surface area contributed by atoms with E-state index >= 15 is 0 Å². The number of rotatable bonds is 7. The Balaban J connectivity index is 2.73. The minimum Gasteiger partial charge on any atom is -0.480 e. The molecule has 0 saturated heterocycles. The van der Waals surface area contributed by atoms with Gasteiger partial charge < -0.3 is 16.2 Å². The zero-order chi connectivity index (χ0) is 15.1. The minimum absolute atomic E-state index is 0.338. The number of carbonyl (C=O) groups is 3. The van der Waals surface area contributed by atoms with E-state index in [1.807, 2.05) is 6.26 Å². The van der Waals surface area contributed by atoms with Crippen molar-refractivity contribution >= 4 is 29.5 Å². The summed E-state index contributed by atoms with van der Waals surface area (Å²) >= 11 is 1.66. The Morgan fingerprint density at radius 2 is 1.90 bits per heavy atom. The Kier molecular flexibility index (Phi) is 6.05. The molecule has 0 aliphatic rings. The van der Waals surface area contributed by atoms with Crippen LogP contribution in [0, 0.1) is 0 Å². The van der Waals surface area contributed by atoms with Crippen LogP contribution in [-0.2, 0) is 15.3 Å². The van der Waals surface area contributed by atoms with Gasteiger partial charge in [0.15, 0.2) is 0 Å². The number of thioether (sulfide) groups is 1. The average molecular weight is 296 g/mol. The maximum atomic E-state index is 11.9. The van der Waals surface area contributed by atoms with Gasteiger partial charge in [0.1, 0.15) is 6.04 Å². The Hall–Kier alpha value is -2.02. The highest BCUT2D eigenvalue weighted by Gasteiger charge is 2.22. The van der Waals surface area contributed by atoms with Crippen molar-refractivity contribution in [3.05, 3.63) is 35.4 Å². The number of nitrogens with two attached hydrogens (primary N) is 1. The molecule has 0 aliphatic carbocycles. The van der Waals surface area contributed by atoms with Gasteiger partial charge in [-0.3, -0.25) is 9.59 Å². The van der Waals surface area contributed by atoms with Crippen LogP contribution in [0.4, 0.5) is 0 Å². The van der Waals surface area contributed by atoms with Crippen LogP contribution in [0.3, 0.4) is 0 Å². The molecule has 0 fully saturated rings. The molecule has 0 bridgehead atoms. The topological polar surface area (TPSA) is 109 Å². The van der Waals surface area contributed by atoms with Gasteiger partial charge >= 0.3 is 5.97 Å². The molecule has 108 valence electrons. The Labute approximate surface area is 120 Å². The van der Waals surface area contributed by atoms with Crippen LogP contribution >= 0.6 is 11.8 Å². The van der Waals surface area contributed by atoms with E-state index in [1.54, 1.807) is 36.0 Å². The molecule has 1 aromatic carbocycles. The molecule has 1 aromatic rings. The first-order chi connectivity index (χ1) is 9.43. The van der Waals surface area contributed by atoms with Gasteiger partial charge in [-0.1, -0.05) is 12.1 Å². The fourth-order valence-corrected chi connectivity index (χ4v) is 2.09. The maximum Gasteiger partial charge on any atom is 0.326 e. The van der Waals surface area contributed by atoms with Crippen LogP contribution in [0.1, 0.15) is 22.3 Å². The zero-order valence-corrected chi connectivity index (χ0v) is 11.8. The SMILES string of the molecule is CSCc1ccc(C(=O)N[C@@H](CC(N)=O)C(=O)O)cc1. The summed E-state index contributed by atoms with van der Waals surface area (Å²) in [5.74, 6) is -1.79. The number of carboxylic acids is 1. The fourth-order valence-electron chi connectivity index (χ4n) is 1.56. The highest BCUT2D eigenvalue weighted by molar-refractivity contribution is 7.97. The van der Waals surface area contributed by atoms with Crippen LogP contribution in [0.25, 0.3) is 0 Å². The summed E-state index contributed by atoms with van der Waals surface area (Å²) in [6.45, 7) is 0. The van der Waals surface area contributed by atoms with Gasteiger partial charge in [0.05, 0.1) is 6.42 Å². The molecule has 0 heterocycles. The molecule has 4 N–H and O–H groups in total. The van der Waals surface area contributed by atoms with Crippen LogP contribution < -0.4 is 11.1 Å². The fraction of sp³-hybridized carbons (Fsp3) is 0.308. The number of primary amides is 1. The monoisotopic (exact) mass is 296 g/mol. The van der Waals surface area contributed by atoms with Crippen LogP contribution in [0.2, 0.25) is 0 Å². The first-order valence-corrected chi connectivity index (χ1v) is 7.23. The van der Waals surface area contributed by atoms with Crippen LogP contribution in [0.15, 0.2) is 24.3 Å². The van der Waals surface area contributed by atoms with Gasteiger partial charge in [0, 0.05) is 11.3 Å². The zero-order valence-electron chi connectivity index (χ0n) is 11.0. The normalized spacial score (nSPS) is 11.7. The van der Waals surface area contributed by atoms with E-state index in [0.29, 0.717) is 5.56 Å². The van der Waals surface area contributed by atoms with E-state index in [2.05, 4.69) is 5.32 Å². The van der Waals surface area contributed by atoms with E-state index in [9.17, 15) is 14.4 Å². The van der Waals surface area contributed by atoms with Crippen molar-refractivity contribution in [2.75, 3.05) is 6.26 Å². The summed E-state index contributed by atoms with van der Waals surface area (Å²) in [5.41, 5.74) is 6.35. The molecule has 20 heavy (non-hydrogen) atoms. The van der Waals surface area contributed by atoms with Gasteiger partial charge in [0.2, 0.25) is 5.91 Å². The van der Waals surface area contributed by atoms with Gasteiger partial charge in [-0.15, -0.1) is 0 Å². The summed E-state index contributed by atoms with van der Waals surface area (Å²) in [6.07, 6.45) is 1.54. The van der Waals surface area contributed by atoms with E-state index in [-0.39, 0.29) is 0 Å². The molecule has 7 heteroatoms. The number of aliphatic carboxylic acids is 1. The Bertz CT molecular complexity index is 502. The van der Waals surface area contributed by atoms with Crippen molar-refractivity contribution in [1.82, 2.24) is 5.32 Å². The van der Waals surface area contributed by atoms with Gasteiger partial charge in [-0.05, 0) is 24.0 Å². The molecule has 6 nitrogen and oxygen atoms in total. The number of carbonyl (C=O) groups excluding carboxylic acids is 2. The second-order valence-corrected chi connectivity index (χ2v) is 5.03. The molecule has 1 atom stereocenters. The first kappa shape index (κ1) is 16.0. The van der Waals surface area contributed by atoms with Crippen molar-refractivity contribution in [2.24, 2.45) is 5.73 Å². The number of hydrogen-bond acceptors (Lipinski definition) is 4. The third kappa shape index (κ3) is 4.93. The second-order valence-electron chi connectivity index (χ2n) is 4.16. The van der Waals surface area contributed by atoms with E-state index in [4.69, 9.17) is 10.8 Å². The lowest BCUT2D eigenvalue weighted by Gasteiger charge is -2.13. The number of hydrogen-bond donors (Lipinski definition) is 3. The van der Waals surface area contributed by atoms with E-state index in [0.717, 1.165) is 11.3 Å². The van der Waals surface area contributed by atoms with Gasteiger partial charge in [-0.2, -0.15) is 11.8 Å². The highest BCUT2D eigenvalue weighted by atomic mass is 32.2. The standard InChI is InChI=1S/C13H16N2O4S/c1-20-7-8-2-4-9(5-3-8)12(17)15-10(13(18)19)6-11(14)16/h2-5,10H,6-7H2,1H3,(H2,14,16)(H,15,17)(H,18,19)/t10-/m0/s1. The lowest BCUT2D eigenvalue weighted by molar-refractivity contribution is -0.140. The summed E-state index contributed by atoms with van der Waals surface area (Å²) in [5, 5.41) is 11.2. The molecule has 0 aromatic heterocycles. The molecule has 0 spiro atoms. The van der Waals surface area contributed by atoms with Crippen molar-refractivity contribution in [1.29, 1.82) is 0 Å². The highest BCUT2D eigenvalue weighted by Crippen LogP contribution is 2.10. The molecular weight excluding hydrogens is 280 g/mol. The predicted octanol–water partition coefficient (Wildman–Crippen LogP) is 0.608. The van der Waals surface area contributed by atoms with Gasteiger partial charge in [-0.25, -0.2) is 4.79 Å². The minimum atomic E-state index is -1.31.